The molecule has 2 aromatic rings. The number of hydrogen-bond donors (Lipinski definition) is 1. The minimum atomic E-state index is -1.09. The van der Waals surface area contributed by atoms with Crippen LogP contribution in [0.3, 0.4) is 0 Å². The van der Waals surface area contributed by atoms with Gasteiger partial charge in [0, 0.05) is 11.3 Å². The van der Waals surface area contributed by atoms with Crippen LogP contribution in [0.2, 0.25) is 0 Å². The largest absolute Gasteiger partial charge is 0.463 e. The number of esters is 1. The molecule has 0 saturated carbocycles. The second-order valence-electron chi connectivity index (χ2n) is 7.70. The Morgan fingerprint density at radius 2 is 2.12 bits per heavy atom. The molecule has 0 amide bonds. The number of nitriles is 2. The standard InChI is InChI=1S/C25H21FN4O3S/c1-2-32-25(31)22-20(13-34-24-15(11-27)10-14-6-5-9-19(14)30-24)33-23(29)17(12-28)21(22)16-7-3-4-8-18(16)26/h3-4,7-8,10,21H,2,5-6,9,13,29H2,1H3/t21-/m1/s1. The third kappa shape index (κ3) is 4.35. The SMILES string of the molecule is CCOC(=O)C1=C(CSc2nc3c(cc2C#N)CCC3)OC(N)=C(C#N)[C@H]1c1ccccc1F. The molecule has 0 radical (unpaired) electrons. The number of nitrogens with zero attached hydrogens (tertiary/aromatic N) is 3. The van der Waals surface area contributed by atoms with Crippen LogP contribution in [0.5, 0.6) is 0 Å². The fourth-order valence-corrected chi connectivity index (χ4v) is 5.07. The summed E-state index contributed by atoms with van der Waals surface area (Å²) in [6.45, 7) is 1.73. The summed E-state index contributed by atoms with van der Waals surface area (Å²) >= 11 is 1.22. The van der Waals surface area contributed by atoms with Gasteiger partial charge in [-0.25, -0.2) is 14.2 Å². The lowest BCUT2D eigenvalue weighted by Crippen LogP contribution is -2.27. The van der Waals surface area contributed by atoms with Crippen LogP contribution in [-0.2, 0) is 27.1 Å². The van der Waals surface area contributed by atoms with E-state index in [4.69, 9.17) is 15.2 Å². The summed E-state index contributed by atoms with van der Waals surface area (Å²) in [7, 11) is 0. The maximum absolute atomic E-state index is 14.8. The van der Waals surface area contributed by atoms with Gasteiger partial charge in [0.1, 0.15) is 34.3 Å². The van der Waals surface area contributed by atoms with Crippen LogP contribution in [0.25, 0.3) is 0 Å². The van der Waals surface area contributed by atoms with Gasteiger partial charge in [0.15, 0.2) is 0 Å². The zero-order valence-corrected chi connectivity index (χ0v) is 19.2. The molecule has 4 rings (SSSR count). The fraction of sp³-hybridized carbons (Fsp3) is 0.280. The van der Waals surface area contributed by atoms with E-state index in [0.717, 1.165) is 30.5 Å². The minimum absolute atomic E-state index is 0.00451. The van der Waals surface area contributed by atoms with Gasteiger partial charge in [0.05, 0.1) is 29.4 Å². The molecule has 0 spiro atoms. The average Bonchev–Trinajstić information content (AvgIpc) is 3.29. The number of halogens is 1. The van der Waals surface area contributed by atoms with Crippen molar-refractivity contribution in [3.63, 3.8) is 0 Å². The second-order valence-corrected chi connectivity index (χ2v) is 8.67. The van der Waals surface area contributed by atoms with Gasteiger partial charge in [0.25, 0.3) is 0 Å². The molecule has 0 fully saturated rings. The van der Waals surface area contributed by atoms with Gasteiger partial charge in [0.2, 0.25) is 5.88 Å². The van der Waals surface area contributed by atoms with E-state index in [-0.39, 0.29) is 40.7 Å². The minimum Gasteiger partial charge on any atom is -0.463 e. The molecule has 172 valence electrons. The predicted octanol–water partition coefficient (Wildman–Crippen LogP) is 4.00. The number of hydrogen-bond acceptors (Lipinski definition) is 8. The van der Waals surface area contributed by atoms with E-state index in [0.29, 0.717) is 10.6 Å². The van der Waals surface area contributed by atoms with E-state index in [9.17, 15) is 19.7 Å². The molecule has 0 unspecified atom stereocenters. The molecular formula is C25H21FN4O3S. The van der Waals surface area contributed by atoms with Gasteiger partial charge in [-0.2, -0.15) is 10.5 Å². The summed E-state index contributed by atoms with van der Waals surface area (Å²) in [6, 6.07) is 11.9. The lowest BCUT2D eigenvalue weighted by molar-refractivity contribution is -0.139. The molecular weight excluding hydrogens is 455 g/mol. The predicted molar refractivity (Wildman–Crippen MR) is 122 cm³/mol. The highest BCUT2D eigenvalue weighted by Gasteiger charge is 2.39. The lowest BCUT2D eigenvalue weighted by Gasteiger charge is -2.28. The van der Waals surface area contributed by atoms with E-state index < -0.39 is 17.7 Å². The number of benzene rings is 1. The average molecular weight is 477 g/mol. The van der Waals surface area contributed by atoms with Gasteiger partial charge < -0.3 is 15.2 Å². The van der Waals surface area contributed by atoms with Crippen molar-refractivity contribution >= 4 is 17.7 Å². The Labute approximate surface area is 200 Å². The number of carbonyl (C=O) groups is 1. The van der Waals surface area contributed by atoms with Crippen molar-refractivity contribution in [2.75, 3.05) is 12.4 Å². The number of carbonyl (C=O) groups excluding carboxylic acids is 1. The molecule has 1 aromatic heterocycles. The Morgan fingerprint density at radius 1 is 1.32 bits per heavy atom. The lowest BCUT2D eigenvalue weighted by atomic mass is 9.83. The molecule has 0 saturated heterocycles. The molecule has 1 aliphatic heterocycles. The highest BCUT2D eigenvalue weighted by molar-refractivity contribution is 7.99. The number of fused-ring (bicyclic) bond motifs is 1. The number of aromatic nitrogens is 1. The zero-order valence-electron chi connectivity index (χ0n) is 18.4. The van der Waals surface area contributed by atoms with Gasteiger partial charge in [-0.1, -0.05) is 30.0 Å². The summed E-state index contributed by atoms with van der Waals surface area (Å²) in [5.41, 5.74) is 8.56. The smallest absolute Gasteiger partial charge is 0.338 e. The van der Waals surface area contributed by atoms with Gasteiger partial charge in [-0.05, 0) is 43.9 Å². The monoisotopic (exact) mass is 476 g/mol. The van der Waals surface area contributed by atoms with E-state index in [2.05, 4.69) is 11.1 Å². The van der Waals surface area contributed by atoms with Crippen molar-refractivity contribution in [2.24, 2.45) is 5.73 Å². The Bertz CT molecular complexity index is 1310. The Morgan fingerprint density at radius 3 is 2.82 bits per heavy atom. The van der Waals surface area contributed by atoms with Crippen LogP contribution in [0.4, 0.5) is 4.39 Å². The van der Waals surface area contributed by atoms with Crippen molar-refractivity contribution in [1.29, 1.82) is 10.5 Å². The molecule has 1 aliphatic carbocycles. The number of thioether (sulfide) groups is 1. The number of ether oxygens (including phenoxy) is 2. The molecule has 1 atom stereocenters. The van der Waals surface area contributed by atoms with Crippen LogP contribution in [0, 0.1) is 28.5 Å². The topological polar surface area (TPSA) is 122 Å². The van der Waals surface area contributed by atoms with Crippen LogP contribution in [0.15, 0.2) is 58.1 Å². The highest BCUT2D eigenvalue weighted by Crippen LogP contribution is 2.42. The molecule has 0 bridgehead atoms. The maximum atomic E-state index is 14.8. The number of allylic oxidation sites excluding steroid dienone is 1. The first kappa shape index (κ1) is 23.3. The summed E-state index contributed by atoms with van der Waals surface area (Å²) in [5.74, 6) is -2.39. The van der Waals surface area contributed by atoms with Crippen molar-refractivity contribution in [3.05, 3.63) is 81.3 Å². The van der Waals surface area contributed by atoms with Crippen molar-refractivity contribution in [3.8, 4) is 12.1 Å². The highest BCUT2D eigenvalue weighted by atomic mass is 32.2. The van der Waals surface area contributed by atoms with E-state index >= 15 is 0 Å². The first-order valence-electron chi connectivity index (χ1n) is 10.8. The summed E-state index contributed by atoms with van der Waals surface area (Å²) < 4.78 is 25.7. The molecule has 2 N–H and O–H groups in total. The van der Waals surface area contributed by atoms with Crippen LogP contribution >= 0.6 is 11.8 Å². The first-order valence-corrected chi connectivity index (χ1v) is 11.7. The second kappa shape index (κ2) is 9.98. The Kier molecular flexibility index (Phi) is 6.85. The summed E-state index contributed by atoms with van der Waals surface area (Å²) in [4.78, 5) is 17.7. The molecule has 2 aliphatic rings. The van der Waals surface area contributed by atoms with Crippen LogP contribution in [0.1, 0.15) is 41.6 Å². The van der Waals surface area contributed by atoms with Crippen molar-refractivity contribution in [1.82, 2.24) is 4.98 Å². The van der Waals surface area contributed by atoms with E-state index in [1.165, 1.54) is 30.0 Å². The Balaban J connectivity index is 1.78. The third-order valence-electron chi connectivity index (χ3n) is 5.68. The number of aryl methyl sites for hydroxylation is 2. The Hall–Kier alpha value is -3.82. The molecule has 9 heteroatoms. The number of rotatable bonds is 6. The van der Waals surface area contributed by atoms with Gasteiger partial charge >= 0.3 is 5.97 Å². The molecule has 2 heterocycles. The van der Waals surface area contributed by atoms with Crippen molar-refractivity contribution < 1.29 is 18.7 Å². The maximum Gasteiger partial charge on any atom is 0.338 e. The van der Waals surface area contributed by atoms with E-state index in [1.807, 2.05) is 12.1 Å². The quantitative estimate of drug-likeness (QED) is 0.490. The normalized spacial score (nSPS) is 17.0. The van der Waals surface area contributed by atoms with Gasteiger partial charge in [-0.15, -0.1) is 0 Å². The summed E-state index contributed by atoms with van der Waals surface area (Å²) in [5, 5.41) is 19.9. The summed E-state index contributed by atoms with van der Waals surface area (Å²) in [6.07, 6.45) is 2.73. The first-order chi connectivity index (χ1) is 16.5. The molecule has 34 heavy (non-hydrogen) atoms. The van der Waals surface area contributed by atoms with Crippen LogP contribution in [-0.4, -0.2) is 23.3 Å². The van der Waals surface area contributed by atoms with E-state index in [1.54, 1.807) is 13.0 Å². The third-order valence-corrected chi connectivity index (χ3v) is 6.68. The number of nitrogens with two attached hydrogens (primary N) is 1. The fourth-order valence-electron chi connectivity index (χ4n) is 4.15. The van der Waals surface area contributed by atoms with Crippen LogP contribution < -0.4 is 5.73 Å². The zero-order chi connectivity index (χ0) is 24.2. The molecule has 7 nitrogen and oxygen atoms in total. The number of pyridine rings is 1. The van der Waals surface area contributed by atoms with Crippen molar-refractivity contribution in [2.45, 2.75) is 37.1 Å². The molecule has 1 aromatic carbocycles. The van der Waals surface area contributed by atoms with Gasteiger partial charge in [-0.3, -0.25) is 0 Å².